The molecule has 0 atom stereocenters. The van der Waals surface area contributed by atoms with Crippen LogP contribution in [-0.4, -0.2) is 74.1 Å². The third-order valence-electron chi connectivity index (χ3n) is 6.46. The van der Waals surface area contributed by atoms with Gasteiger partial charge in [0.2, 0.25) is 11.8 Å². The number of nitrogens with zero attached hydrogens (tertiary/aromatic N) is 3. The van der Waals surface area contributed by atoms with E-state index in [4.69, 9.17) is 4.74 Å². The number of hydrogen-bond acceptors (Lipinski definition) is 4. The number of anilines is 1. The molecule has 3 aliphatic rings. The molecular weight excluding hydrogens is 354 g/mol. The molecule has 1 aromatic carbocycles. The molecule has 0 unspecified atom stereocenters. The first-order valence-electron chi connectivity index (χ1n) is 10.7. The van der Waals surface area contributed by atoms with E-state index in [1.165, 1.54) is 5.69 Å². The van der Waals surface area contributed by atoms with Crippen LogP contribution in [0.5, 0.6) is 0 Å². The number of para-hydroxylation sites is 1. The molecule has 6 nitrogen and oxygen atoms in total. The van der Waals surface area contributed by atoms with E-state index in [0.717, 1.165) is 51.9 Å². The van der Waals surface area contributed by atoms with Gasteiger partial charge < -0.3 is 19.4 Å². The lowest BCUT2D eigenvalue weighted by Gasteiger charge is -2.39. The Hall–Kier alpha value is -2.08. The highest BCUT2D eigenvalue weighted by atomic mass is 16.5. The van der Waals surface area contributed by atoms with Gasteiger partial charge in [-0.2, -0.15) is 0 Å². The quantitative estimate of drug-likeness (QED) is 0.799. The smallest absolute Gasteiger partial charge is 0.225 e. The third kappa shape index (κ3) is 4.32. The van der Waals surface area contributed by atoms with Crippen LogP contribution in [0.15, 0.2) is 30.3 Å². The fraction of sp³-hybridized carbons (Fsp3) is 0.636. The molecule has 2 heterocycles. The highest BCUT2D eigenvalue weighted by Gasteiger charge is 2.35. The molecule has 4 rings (SSSR count). The molecule has 3 fully saturated rings. The second-order valence-electron chi connectivity index (χ2n) is 8.13. The lowest BCUT2D eigenvalue weighted by atomic mass is 9.80. The standard InChI is InChI=1S/C22H31N3O3/c26-21(24-12-10-23(11-13-24)20-4-2-1-3-5-20)18-6-8-19(9-7-18)22(27)25-14-16-28-17-15-25/h1-5,18-19H,6-17H2. The van der Waals surface area contributed by atoms with Crippen LogP contribution in [0, 0.1) is 11.8 Å². The molecule has 28 heavy (non-hydrogen) atoms. The number of rotatable bonds is 3. The topological polar surface area (TPSA) is 53.1 Å². The normalized spacial score (nSPS) is 26.2. The number of benzene rings is 1. The summed E-state index contributed by atoms with van der Waals surface area (Å²) in [6.45, 7) is 6.08. The van der Waals surface area contributed by atoms with E-state index in [0.29, 0.717) is 32.2 Å². The van der Waals surface area contributed by atoms with Crippen LogP contribution in [0.4, 0.5) is 5.69 Å². The van der Waals surface area contributed by atoms with Crippen molar-refractivity contribution in [2.24, 2.45) is 11.8 Å². The summed E-state index contributed by atoms with van der Waals surface area (Å²) in [5, 5.41) is 0. The Morgan fingerprint density at radius 1 is 0.714 bits per heavy atom. The van der Waals surface area contributed by atoms with Gasteiger partial charge >= 0.3 is 0 Å². The Labute approximate surface area is 167 Å². The predicted molar refractivity (Wildman–Crippen MR) is 108 cm³/mol. The van der Waals surface area contributed by atoms with Gasteiger partial charge in [0.05, 0.1) is 13.2 Å². The fourth-order valence-corrected chi connectivity index (χ4v) is 4.71. The first kappa shape index (κ1) is 19.2. The molecule has 2 saturated heterocycles. The van der Waals surface area contributed by atoms with Gasteiger partial charge in [-0.15, -0.1) is 0 Å². The minimum absolute atomic E-state index is 0.0945. The molecule has 0 bridgehead atoms. The van der Waals surface area contributed by atoms with Gasteiger partial charge in [0.25, 0.3) is 0 Å². The number of amides is 2. The molecule has 152 valence electrons. The van der Waals surface area contributed by atoms with Gasteiger partial charge in [-0.25, -0.2) is 0 Å². The zero-order valence-electron chi connectivity index (χ0n) is 16.6. The van der Waals surface area contributed by atoms with E-state index in [1.54, 1.807) is 0 Å². The number of piperazine rings is 1. The van der Waals surface area contributed by atoms with Crippen molar-refractivity contribution in [3.05, 3.63) is 30.3 Å². The minimum atomic E-state index is 0.0945. The van der Waals surface area contributed by atoms with Crippen molar-refractivity contribution in [3.8, 4) is 0 Å². The number of morpholine rings is 1. The van der Waals surface area contributed by atoms with Crippen LogP contribution in [0.1, 0.15) is 25.7 Å². The number of ether oxygens (including phenoxy) is 1. The lowest BCUT2D eigenvalue weighted by molar-refractivity contribution is -0.144. The summed E-state index contributed by atoms with van der Waals surface area (Å²) < 4.78 is 5.34. The molecule has 0 N–H and O–H groups in total. The summed E-state index contributed by atoms with van der Waals surface area (Å²) in [6.07, 6.45) is 3.38. The van der Waals surface area contributed by atoms with Crippen molar-refractivity contribution in [2.75, 3.05) is 57.4 Å². The summed E-state index contributed by atoms with van der Waals surface area (Å²) in [4.78, 5) is 32.0. The molecule has 1 aliphatic carbocycles. The Kier molecular flexibility index (Phi) is 6.15. The summed E-state index contributed by atoms with van der Waals surface area (Å²) >= 11 is 0. The second-order valence-corrected chi connectivity index (χ2v) is 8.13. The zero-order valence-corrected chi connectivity index (χ0v) is 16.6. The first-order chi connectivity index (χ1) is 13.7. The molecule has 2 amide bonds. The molecule has 0 radical (unpaired) electrons. The van der Waals surface area contributed by atoms with Crippen molar-refractivity contribution in [3.63, 3.8) is 0 Å². The van der Waals surface area contributed by atoms with Crippen LogP contribution in [0.3, 0.4) is 0 Å². The molecule has 0 aromatic heterocycles. The SMILES string of the molecule is O=C(C1CCC(C(=O)N2CCN(c3ccccc3)CC2)CC1)N1CCOCC1. The second kappa shape index (κ2) is 8.95. The van der Waals surface area contributed by atoms with Crippen molar-refractivity contribution >= 4 is 17.5 Å². The van der Waals surface area contributed by atoms with Crippen molar-refractivity contribution in [1.82, 2.24) is 9.80 Å². The molecule has 2 aliphatic heterocycles. The number of hydrogen-bond donors (Lipinski definition) is 0. The average Bonchev–Trinajstić information content (AvgIpc) is 2.79. The van der Waals surface area contributed by atoms with E-state index in [9.17, 15) is 9.59 Å². The van der Waals surface area contributed by atoms with E-state index in [1.807, 2.05) is 15.9 Å². The minimum Gasteiger partial charge on any atom is -0.378 e. The Morgan fingerprint density at radius 3 is 1.75 bits per heavy atom. The summed E-state index contributed by atoms with van der Waals surface area (Å²) in [5.74, 6) is 0.754. The highest BCUT2D eigenvalue weighted by molar-refractivity contribution is 5.81. The van der Waals surface area contributed by atoms with Crippen LogP contribution < -0.4 is 4.90 Å². The van der Waals surface area contributed by atoms with Crippen LogP contribution in [-0.2, 0) is 14.3 Å². The van der Waals surface area contributed by atoms with E-state index < -0.39 is 0 Å². The molecule has 1 saturated carbocycles. The maximum absolute atomic E-state index is 13.0. The molecular formula is C22H31N3O3. The summed E-state index contributed by atoms with van der Waals surface area (Å²) in [7, 11) is 0. The van der Waals surface area contributed by atoms with E-state index in [2.05, 4.69) is 29.2 Å². The fourth-order valence-electron chi connectivity index (χ4n) is 4.71. The molecule has 1 aromatic rings. The summed E-state index contributed by atoms with van der Waals surface area (Å²) in [6, 6.07) is 10.4. The zero-order chi connectivity index (χ0) is 19.3. The van der Waals surface area contributed by atoms with Gasteiger partial charge in [-0.1, -0.05) is 18.2 Å². The summed E-state index contributed by atoms with van der Waals surface area (Å²) in [5.41, 5.74) is 1.23. The highest BCUT2D eigenvalue weighted by Crippen LogP contribution is 2.32. The van der Waals surface area contributed by atoms with Gasteiger partial charge in [0, 0.05) is 56.8 Å². The Morgan fingerprint density at radius 2 is 1.21 bits per heavy atom. The number of carbonyl (C=O) groups is 2. The maximum atomic E-state index is 13.0. The van der Waals surface area contributed by atoms with Gasteiger partial charge in [0.1, 0.15) is 0 Å². The van der Waals surface area contributed by atoms with Gasteiger partial charge in [0.15, 0.2) is 0 Å². The monoisotopic (exact) mass is 385 g/mol. The van der Waals surface area contributed by atoms with E-state index >= 15 is 0 Å². The Balaban J connectivity index is 1.24. The predicted octanol–water partition coefficient (Wildman–Crippen LogP) is 2.00. The van der Waals surface area contributed by atoms with Crippen LogP contribution >= 0.6 is 0 Å². The third-order valence-corrected chi connectivity index (χ3v) is 6.46. The van der Waals surface area contributed by atoms with Crippen molar-refractivity contribution < 1.29 is 14.3 Å². The van der Waals surface area contributed by atoms with Crippen LogP contribution in [0.25, 0.3) is 0 Å². The lowest BCUT2D eigenvalue weighted by Crippen LogP contribution is -2.51. The van der Waals surface area contributed by atoms with Gasteiger partial charge in [-0.3, -0.25) is 9.59 Å². The first-order valence-corrected chi connectivity index (χ1v) is 10.7. The van der Waals surface area contributed by atoms with Crippen LogP contribution in [0.2, 0.25) is 0 Å². The average molecular weight is 386 g/mol. The molecule has 6 heteroatoms. The van der Waals surface area contributed by atoms with Crippen molar-refractivity contribution in [1.29, 1.82) is 0 Å². The Bertz CT molecular complexity index is 659. The molecule has 0 spiro atoms. The largest absolute Gasteiger partial charge is 0.378 e. The number of carbonyl (C=O) groups excluding carboxylic acids is 2. The van der Waals surface area contributed by atoms with Gasteiger partial charge in [-0.05, 0) is 37.8 Å². The van der Waals surface area contributed by atoms with E-state index in [-0.39, 0.29) is 17.7 Å². The van der Waals surface area contributed by atoms with Crippen molar-refractivity contribution in [2.45, 2.75) is 25.7 Å². The maximum Gasteiger partial charge on any atom is 0.225 e.